The number of oxime groups is 1. The lowest BCUT2D eigenvalue weighted by Gasteiger charge is -2.11. The molecule has 0 radical (unpaired) electrons. The van der Waals surface area contributed by atoms with E-state index in [1.54, 1.807) is 32.4 Å². The fourth-order valence-electron chi connectivity index (χ4n) is 2.05. The van der Waals surface area contributed by atoms with E-state index in [2.05, 4.69) is 10.5 Å². The molecule has 0 aliphatic heterocycles. The number of carbonyl (C=O) groups excluding carboxylic acids is 1. The first-order chi connectivity index (χ1) is 12.2. The van der Waals surface area contributed by atoms with Gasteiger partial charge in [0.1, 0.15) is 17.2 Å². The average Bonchev–Trinajstić information content (AvgIpc) is 2.65. The van der Waals surface area contributed by atoms with Crippen LogP contribution in [0.3, 0.4) is 0 Å². The first-order valence-electron chi connectivity index (χ1n) is 7.48. The summed E-state index contributed by atoms with van der Waals surface area (Å²) in [6.07, 6.45) is 1.49. The lowest BCUT2D eigenvalue weighted by atomic mass is 10.2. The smallest absolute Gasteiger partial charge is 0.265 e. The average molecular weight is 344 g/mol. The molecule has 0 spiro atoms. The zero-order chi connectivity index (χ0) is 18.1. The molecule has 1 N–H and O–H groups in total. The van der Waals surface area contributed by atoms with Crippen molar-refractivity contribution in [2.75, 3.05) is 33.3 Å². The summed E-state index contributed by atoms with van der Waals surface area (Å²) in [6.45, 7) is -0.235. The van der Waals surface area contributed by atoms with Crippen molar-refractivity contribution in [1.82, 2.24) is 0 Å². The summed E-state index contributed by atoms with van der Waals surface area (Å²) in [7, 11) is 4.64. The second-order valence-electron chi connectivity index (χ2n) is 4.86. The maximum absolute atomic E-state index is 11.9. The van der Waals surface area contributed by atoms with E-state index < -0.39 is 0 Å². The van der Waals surface area contributed by atoms with Gasteiger partial charge in [0.25, 0.3) is 5.91 Å². The molecule has 0 aliphatic rings. The van der Waals surface area contributed by atoms with E-state index in [0.717, 1.165) is 5.56 Å². The zero-order valence-corrected chi connectivity index (χ0v) is 14.3. The van der Waals surface area contributed by atoms with E-state index in [9.17, 15) is 4.79 Å². The molecule has 0 aliphatic carbocycles. The highest BCUT2D eigenvalue weighted by Gasteiger charge is 2.09. The second kappa shape index (κ2) is 9.17. The molecular weight excluding hydrogens is 324 g/mol. The molecule has 2 aromatic rings. The van der Waals surface area contributed by atoms with E-state index in [-0.39, 0.29) is 12.5 Å². The molecule has 0 bridgehead atoms. The predicted octanol–water partition coefficient (Wildman–Crippen LogP) is 2.70. The lowest BCUT2D eigenvalue weighted by molar-refractivity contribution is -0.120. The van der Waals surface area contributed by atoms with Gasteiger partial charge in [-0.05, 0) is 24.3 Å². The predicted molar refractivity (Wildman–Crippen MR) is 94.7 cm³/mol. The van der Waals surface area contributed by atoms with Gasteiger partial charge in [0.2, 0.25) is 0 Å². The fraction of sp³-hybridized carbons (Fsp3) is 0.222. The molecule has 0 atom stereocenters. The van der Waals surface area contributed by atoms with Gasteiger partial charge in [-0.25, -0.2) is 0 Å². The van der Waals surface area contributed by atoms with Crippen molar-refractivity contribution in [1.29, 1.82) is 0 Å². The fourth-order valence-corrected chi connectivity index (χ4v) is 2.05. The third kappa shape index (κ3) is 5.13. The zero-order valence-electron chi connectivity index (χ0n) is 14.3. The number of hydrogen-bond donors (Lipinski definition) is 1. The molecule has 2 rings (SSSR count). The topological polar surface area (TPSA) is 78.4 Å². The number of hydrogen-bond acceptors (Lipinski definition) is 6. The molecule has 25 heavy (non-hydrogen) atoms. The number of nitrogens with one attached hydrogen (secondary N) is 1. The summed E-state index contributed by atoms with van der Waals surface area (Å²) in [5.41, 5.74) is 1.27. The Balaban J connectivity index is 1.90. The molecule has 0 fully saturated rings. The molecule has 1 amide bonds. The Morgan fingerprint density at radius 3 is 2.52 bits per heavy atom. The minimum Gasteiger partial charge on any atom is -0.497 e. The van der Waals surface area contributed by atoms with Crippen LogP contribution in [0.5, 0.6) is 17.2 Å². The largest absolute Gasteiger partial charge is 0.497 e. The molecule has 0 saturated heterocycles. The summed E-state index contributed by atoms with van der Waals surface area (Å²) >= 11 is 0. The molecule has 2 aromatic carbocycles. The Morgan fingerprint density at radius 2 is 1.80 bits per heavy atom. The molecular formula is C18H20N2O5. The molecule has 0 aromatic heterocycles. The normalized spacial score (nSPS) is 10.4. The highest BCUT2D eigenvalue weighted by atomic mass is 16.6. The van der Waals surface area contributed by atoms with Crippen molar-refractivity contribution in [2.45, 2.75) is 0 Å². The Hall–Kier alpha value is -3.22. The van der Waals surface area contributed by atoms with E-state index in [0.29, 0.717) is 22.9 Å². The highest BCUT2D eigenvalue weighted by molar-refractivity contribution is 5.93. The third-order valence-electron chi connectivity index (χ3n) is 3.28. The lowest BCUT2D eigenvalue weighted by Crippen LogP contribution is -2.17. The van der Waals surface area contributed by atoms with Crippen LogP contribution >= 0.6 is 0 Å². The van der Waals surface area contributed by atoms with Crippen LogP contribution in [0.1, 0.15) is 5.56 Å². The number of anilines is 1. The van der Waals surface area contributed by atoms with Crippen LogP contribution in [0, 0.1) is 0 Å². The van der Waals surface area contributed by atoms with Crippen LogP contribution in [0.4, 0.5) is 5.69 Å². The Kier molecular flexibility index (Phi) is 6.65. The standard InChI is InChI=1S/C18H20N2O5/c1-22-14-8-9-15(17(10-14)24-3)20-18(21)12-25-19-11-13-6-4-5-7-16(13)23-2/h4-11H,12H2,1-3H3,(H,20,21)/b19-11-. The minimum atomic E-state index is -0.361. The molecule has 132 valence electrons. The SMILES string of the molecule is COc1ccc(NC(=O)CO/N=C\c2ccccc2OC)c(OC)c1. The summed E-state index contributed by atoms with van der Waals surface area (Å²) in [6, 6.07) is 12.4. The van der Waals surface area contributed by atoms with Crippen LogP contribution in [0.15, 0.2) is 47.6 Å². The van der Waals surface area contributed by atoms with E-state index in [1.807, 2.05) is 24.3 Å². The Labute approximate surface area is 146 Å². The summed E-state index contributed by atoms with van der Waals surface area (Å²) in [4.78, 5) is 17.0. The first-order valence-corrected chi connectivity index (χ1v) is 7.48. The number of carbonyl (C=O) groups is 1. The number of methoxy groups -OCH3 is 3. The summed E-state index contributed by atoms with van der Waals surface area (Å²) in [5, 5.41) is 6.48. The number of ether oxygens (including phenoxy) is 3. The van der Waals surface area contributed by atoms with Crippen molar-refractivity contribution < 1.29 is 23.8 Å². The van der Waals surface area contributed by atoms with Gasteiger partial charge in [-0.1, -0.05) is 17.3 Å². The van der Waals surface area contributed by atoms with Crippen molar-refractivity contribution in [3.63, 3.8) is 0 Å². The quantitative estimate of drug-likeness (QED) is 0.588. The van der Waals surface area contributed by atoms with Gasteiger partial charge < -0.3 is 24.4 Å². The van der Waals surface area contributed by atoms with Crippen molar-refractivity contribution >= 4 is 17.8 Å². The van der Waals surface area contributed by atoms with E-state index in [1.165, 1.54) is 13.3 Å². The van der Waals surface area contributed by atoms with Crippen LogP contribution < -0.4 is 19.5 Å². The van der Waals surface area contributed by atoms with Gasteiger partial charge in [0.15, 0.2) is 6.61 Å². The maximum atomic E-state index is 11.9. The van der Waals surface area contributed by atoms with Crippen LogP contribution in [-0.2, 0) is 9.63 Å². The van der Waals surface area contributed by atoms with Gasteiger partial charge in [-0.15, -0.1) is 0 Å². The number of nitrogens with zero attached hydrogens (tertiary/aromatic N) is 1. The summed E-state index contributed by atoms with van der Waals surface area (Å²) < 4.78 is 15.5. The second-order valence-corrected chi connectivity index (χ2v) is 4.86. The van der Waals surface area contributed by atoms with Gasteiger partial charge in [-0.3, -0.25) is 4.79 Å². The molecule has 0 saturated carbocycles. The third-order valence-corrected chi connectivity index (χ3v) is 3.28. The van der Waals surface area contributed by atoms with Crippen molar-refractivity contribution in [3.05, 3.63) is 48.0 Å². The summed E-state index contributed by atoms with van der Waals surface area (Å²) in [5.74, 6) is 1.43. The Morgan fingerprint density at radius 1 is 1.04 bits per heavy atom. The number of rotatable bonds is 8. The van der Waals surface area contributed by atoms with Crippen LogP contribution in [-0.4, -0.2) is 40.1 Å². The van der Waals surface area contributed by atoms with E-state index in [4.69, 9.17) is 19.0 Å². The maximum Gasteiger partial charge on any atom is 0.265 e. The first kappa shape index (κ1) is 18.1. The van der Waals surface area contributed by atoms with E-state index >= 15 is 0 Å². The van der Waals surface area contributed by atoms with Gasteiger partial charge in [-0.2, -0.15) is 0 Å². The minimum absolute atomic E-state index is 0.235. The molecule has 7 nitrogen and oxygen atoms in total. The van der Waals surface area contributed by atoms with Gasteiger partial charge >= 0.3 is 0 Å². The number of para-hydroxylation sites is 1. The van der Waals surface area contributed by atoms with Crippen LogP contribution in [0.2, 0.25) is 0 Å². The number of amides is 1. The van der Waals surface area contributed by atoms with Crippen molar-refractivity contribution in [3.8, 4) is 17.2 Å². The number of benzene rings is 2. The Bertz CT molecular complexity index is 746. The van der Waals surface area contributed by atoms with Crippen molar-refractivity contribution in [2.24, 2.45) is 5.16 Å². The molecule has 7 heteroatoms. The highest BCUT2D eigenvalue weighted by Crippen LogP contribution is 2.28. The molecule has 0 heterocycles. The van der Waals surface area contributed by atoms with Gasteiger partial charge in [0.05, 0.1) is 33.2 Å². The van der Waals surface area contributed by atoms with Crippen LogP contribution in [0.25, 0.3) is 0 Å². The van der Waals surface area contributed by atoms with Gasteiger partial charge in [0, 0.05) is 11.6 Å². The molecule has 0 unspecified atom stereocenters. The monoisotopic (exact) mass is 344 g/mol.